The van der Waals surface area contributed by atoms with Crippen LogP contribution < -0.4 is 9.62 Å². The Labute approximate surface area is 223 Å². The summed E-state index contributed by atoms with van der Waals surface area (Å²) in [6, 6.07) is 23.7. The third-order valence-electron chi connectivity index (χ3n) is 5.74. The van der Waals surface area contributed by atoms with E-state index in [1.54, 1.807) is 48.5 Å². The maximum Gasteiger partial charge on any atom is 0.416 e. The van der Waals surface area contributed by atoms with Crippen molar-refractivity contribution in [1.82, 2.24) is 0 Å². The average Bonchev–Trinajstić information content (AvgIpc) is 2.88. The van der Waals surface area contributed by atoms with Gasteiger partial charge in [0.15, 0.2) is 0 Å². The number of carbonyl (C=O) groups is 1. The molecule has 0 saturated carbocycles. The van der Waals surface area contributed by atoms with E-state index in [9.17, 15) is 26.4 Å². The van der Waals surface area contributed by atoms with Gasteiger partial charge in [-0.15, -0.1) is 0 Å². The second kappa shape index (κ2) is 10.9. The van der Waals surface area contributed by atoms with Crippen molar-refractivity contribution in [2.75, 3.05) is 9.62 Å². The molecule has 4 aromatic rings. The summed E-state index contributed by atoms with van der Waals surface area (Å²) >= 11 is 6.06. The summed E-state index contributed by atoms with van der Waals surface area (Å²) in [5, 5.41) is 2.30. The van der Waals surface area contributed by atoms with Gasteiger partial charge in [0.25, 0.3) is 15.9 Å². The molecule has 0 spiro atoms. The zero-order chi connectivity index (χ0) is 27.5. The van der Waals surface area contributed by atoms with Crippen LogP contribution in [0.3, 0.4) is 0 Å². The van der Waals surface area contributed by atoms with Gasteiger partial charge in [-0.1, -0.05) is 71.8 Å². The summed E-state index contributed by atoms with van der Waals surface area (Å²) in [6.45, 7) is 1.74. The number of hydrogen-bond donors (Lipinski definition) is 1. The highest BCUT2D eigenvalue weighted by Gasteiger charge is 2.32. The van der Waals surface area contributed by atoms with Crippen molar-refractivity contribution in [3.05, 3.63) is 124 Å². The Bertz CT molecular complexity index is 1560. The number of nitrogens with zero attached hydrogens (tertiary/aromatic N) is 1. The monoisotopic (exact) mass is 558 g/mol. The lowest BCUT2D eigenvalue weighted by Gasteiger charge is -2.27. The Balaban J connectivity index is 1.79. The van der Waals surface area contributed by atoms with Crippen LogP contribution in [0, 0.1) is 6.92 Å². The second-order valence-corrected chi connectivity index (χ2v) is 10.7. The third kappa shape index (κ3) is 6.00. The van der Waals surface area contributed by atoms with Gasteiger partial charge in [-0.3, -0.25) is 9.10 Å². The van der Waals surface area contributed by atoms with Gasteiger partial charge in [0.05, 0.1) is 39.0 Å². The van der Waals surface area contributed by atoms with Gasteiger partial charge in [-0.05, 0) is 55.0 Å². The number of aryl methyl sites for hydroxylation is 1. The first-order chi connectivity index (χ1) is 18.0. The van der Waals surface area contributed by atoms with Gasteiger partial charge in [0.1, 0.15) is 0 Å². The van der Waals surface area contributed by atoms with Crippen LogP contribution in [0.15, 0.2) is 102 Å². The first kappa shape index (κ1) is 27.2. The van der Waals surface area contributed by atoms with Crippen molar-refractivity contribution in [1.29, 1.82) is 0 Å². The van der Waals surface area contributed by atoms with E-state index < -0.39 is 27.7 Å². The van der Waals surface area contributed by atoms with Crippen molar-refractivity contribution in [2.24, 2.45) is 0 Å². The number of hydrogen-bond acceptors (Lipinski definition) is 3. The van der Waals surface area contributed by atoms with Crippen LogP contribution in [-0.4, -0.2) is 14.3 Å². The van der Waals surface area contributed by atoms with Crippen LogP contribution in [0.4, 0.5) is 24.5 Å². The lowest BCUT2D eigenvalue weighted by Crippen LogP contribution is -2.32. The summed E-state index contributed by atoms with van der Waals surface area (Å²) in [4.78, 5) is 13.4. The zero-order valence-corrected chi connectivity index (χ0v) is 21.6. The van der Waals surface area contributed by atoms with E-state index in [0.717, 1.165) is 28.1 Å². The summed E-state index contributed by atoms with van der Waals surface area (Å²) in [5.41, 5.74) is 0.288. The molecule has 38 heavy (non-hydrogen) atoms. The molecule has 5 nitrogen and oxygen atoms in total. The second-order valence-electron chi connectivity index (χ2n) is 8.47. The van der Waals surface area contributed by atoms with Crippen LogP contribution in [-0.2, 0) is 22.7 Å². The van der Waals surface area contributed by atoms with Crippen LogP contribution in [0.1, 0.15) is 27.0 Å². The van der Waals surface area contributed by atoms with E-state index in [1.807, 2.05) is 6.92 Å². The van der Waals surface area contributed by atoms with Gasteiger partial charge in [-0.2, -0.15) is 13.2 Å². The number of anilines is 2. The van der Waals surface area contributed by atoms with Gasteiger partial charge in [0, 0.05) is 0 Å². The Morgan fingerprint density at radius 3 is 2.18 bits per heavy atom. The summed E-state index contributed by atoms with van der Waals surface area (Å²) in [7, 11) is -4.15. The minimum Gasteiger partial charge on any atom is -0.321 e. The molecule has 0 heterocycles. The quantitative estimate of drug-likeness (QED) is 0.258. The predicted molar refractivity (Wildman–Crippen MR) is 142 cm³/mol. The Kier molecular flexibility index (Phi) is 7.80. The lowest BCUT2D eigenvalue weighted by atomic mass is 10.1. The standard InChI is InChI=1S/C28H22ClF3N2O3S/c1-19-11-14-22(15-12-19)38(36,37)34(18-20-7-3-2-4-8-20)26-10-6-5-9-23(26)27(35)33-25-17-21(28(30,31)32)13-16-24(25)29/h2-17H,18H2,1H3,(H,33,35). The number of alkyl halides is 3. The molecule has 10 heteroatoms. The highest BCUT2D eigenvalue weighted by molar-refractivity contribution is 7.92. The molecule has 0 fully saturated rings. The molecule has 0 aliphatic rings. The minimum atomic E-state index is -4.64. The largest absolute Gasteiger partial charge is 0.416 e. The Hall–Kier alpha value is -3.82. The Morgan fingerprint density at radius 2 is 1.53 bits per heavy atom. The molecule has 0 aromatic heterocycles. The average molecular weight is 559 g/mol. The summed E-state index contributed by atoms with van der Waals surface area (Å²) in [5.74, 6) is -0.820. The number of halogens is 4. The highest BCUT2D eigenvalue weighted by atomic mass is 35.5. The minimum absolute atomic E-state index is 0.0233. The molecule has 0 aliphatic heterocycles. The summed E-state index contributed by atoms with van der Waals surface area (Å²) < 4.78 is 68.5. The summed E-state index contributed by atoms with van der Waals surface area (Å²) in [6.07, 6.45) is -4.64. The number of sulfonamides is 1. The molecule has 0 atom stereocenters. The van der Waals surface area contributed by atoms with Crippen molar-refractivity contribution in [3.8, 4) is 0 Å². The number of carbonyl (C=O) groups excluding carboxylic acids is 1. The smallest absolute Gasteiger partial charge is 0.321 e. The van der Waals surface area contributed by atoms with E-state index in [1.165, 1.54) is 30.3 Å². The molecule has 196 valence electrons. The molecular weight excluding hydrogens is 537 g/mol. The fourth-order valence-corrected chi connectivity index (χ4v) is 5.39. The first-order valence-corrected chi connectivity index (χ1v) is 13.2. The number of benzene rings is 4. The molecule has 1 amide bonds. The van der Waals surface area contributed by atoms with E-state index in [4.69, 9.17) is 11.6 Å². The number of nitrogens with one attached hydrogen (secondary N) is 1. The van der Waals surface area contributed by atoms with Gasteiger partial charge in [-0.25, -0.2) is 8.42 Å². The first-order valence-electron chi connectivity index (χ1n) is 11.4. The number of rotatable bonds is 7. The van der Waals surface area contributed by atoms with Crippen LogP contribution in [0.2, 0.25) is 5.02 Å². The van der Waals surface area contributed by atoms with Crippen LogP contribution >= 0.6 is 11.6 Å². The molecule has 0 aliphatic carbocycles. The van der Waals surface area contributed by atoms with Crippen molar-refractivity contribution < 1.29 is 26.4 Å². The molecule has 0 bridgehead atoms. The topological polar surface area (TPSA) is 66.5 Å². The fraction of sp³-hybridized carbons (Fsp3) is 0.107. The molecule has 0 saturated heterocycles. The van der Waals surface area contributed by atoms with E-state index in [2.05, 4.69) is 5.32 Å². The third-order valence-corrected chi connectivity index (χ3v) is 7.84. The van der Waals surface area contributed by atoms with Gasteiger partial charge in [0.2, 0.25) is 0 Å². The fourth-order valence-electron chi connectivity index (χ4n) is 3.76. The molecule has 4 aromatic carbocycles. The molecule has 1 N–H and O–H groups in total. The molecular formula is C28H22ClF3N2O3S. The number of amides is 1. The van der Waals surface area contributed by atoms with Crippen LogP contribution in [0.5, 0.6) is 0 Å². The molecule has 0 unspecified atom stereocenters. The SMILES string of the molecule is Cc1ccc(S(=O)(=O)N(Cc2ccccc2)c2ccccc2C(=O)Nc2cc(C(F)(F)F)ccc2Cl)cc1. The maximum atomic E-state index is 13.8. The van der Waals surface area contributed by atoms with Crippen LogP contribution in [0.25, 0.3) is 0 Å². The van der Waals surface area contributed by atoms with Gasteiger partial charge < -0.3 is 5.32 Å². The zero-order valence-electron chi connectivity index (χ0n) is 20.0. The van der Waals surface area contributed by atoms with Crippen molar-refractivity contribution >= 4 is 38.9 Å². The lowest BCUT2D eigenvalue weighted by molar-refractivity contribution is -0.137. The molecule has 4 rings (SSSR count). The van der Waals surface area contributed by atoms with Crippen molar-refractivity contribution in [2.45, 2.75) is 24.5 Å². The van der Waals surface area contributed by atoms with E-state index >= 15 is 0 Å². The number of para-hydroxylation sites is 1. The Morgan fingerprint density at radius 1 is 0.895 bits per heavy atom. The molecule has 0 radical (unpaired) electrons. The normalized spacial score (nSPS) is 11.7. The predicted octanol–water partition coefficient (Wildman–Crippen LogP) is 7.32. The van der Waals surface area contributed by atoms with E-state index in [-0.39, 0.29) is 33.4 Å². The van der Waals surface area contributed by atoms with Crippen molar-refractivity contribution in [3.63, 3.8) is 0 Å². The van der Waals surface area contributed by atoms with E-state index in [0.29, 0.717) is 5.56 Å². The highest BCUT2D eigenvalue weighted by Crippen LogP contribution is 2.35. The maximum absolute atomic E-state index is 13.8. The van der Waals surface area contributed by atoms with Gasteiger partial charge >= 0.3 is 6.18 Å².